The van der Waals surface area contributed by atoms with Gasteiger partial charge >= 0.3 is 5.97 Å². The van der Waals surface area contributed by atoms with Crippen LogP contribution in [-0.2, 0) is 14.9 Å². The van der Waals surface area contributed by atoms with Gasteiger partial charge in [-0.1, -0.05) is 6.42 Å². The monoisotopic (exact) mass is 345 g/mol. The Labute approximate surface area is 137 Å². The highest BCUT2D eigenvalue weighted by Gasteiger charge is 2.56. The van der Waals surface area contributed by atoms with Crippen molar-refractivity contribution in [1.82, 2.24) is 0 Å². The summed E-state index contributed by atoms with van der Waals surface area (Å²) in [5, 5.41) is 9.27. The van der Waals surface area contributed by atoms with Gasteiger partial charge in [-0.15, -0.1) is 0 Å². The number of carboxylic acid groups (broad SMARTS) is 1. The zero-order valence-electron chi connectivity index (χ0n) is 13.4. The van der Waals surface area contributed by atoms with E-state index < -0.39 is 22.1 Å². The summed E-state index contributed by atoms with van der Waals surface area (Å²) >= 11 is 0. The van der Waals surface area contributed by atoms with Gasteiger partial charge in [0.25, 0.3) is 10.1 Å². The molecule has 23 heavy (non-hydrogen) atoms. The summed E-state index contributed by atoms with van der Waals surface area (Å²) in [7, 11) is -3.86. The second-order valence-corrected chi connectivity index (χ2v) is 9.73. The molecule has 132 valence electrons. The SMILES string of the molecule is N[C@H](C(=O)O)C1C2CC3CC1CC(CCCCS(=O)(=O)O)(C3)C2. The second-order valence-electron chi connectivity index (χ2n) is 8.15. The van der Waals surface area contributed by atoms with Crippen LogP contribution in [0, 0.1) is 29.1 Å². The highest BCUT2D eigenvalue weighted by Crippen LogP contribution is 2.64. The van der Waals surface area contributed by atoms with Crippen molar-refractivity contribution < 1.29 is 22.9 Å². The third-order valence-electron chi connectivity index (χ3n) is 6.53. The molecule has 3 atom stereocenters. The van der Waals surface area contributed by atoms with E-state index in [9.17, 15) is 18.3 Å². The van der Waals surface area contributed by atoms with Gasteiger partial charge in [-0.2, -0.15) is 8.42 Å². The molecule has 7 heteroatoms. The number of aliphatic carboxylic acids is 1. The maximum absolute atomic E-state index is 11.3. The number of rotatable bonds is 7. The van der Waals surface area contributed by atoms with E-state index in [1.807, 2.05) is 0 Å². The number of nitrogens with two attached hydrogens (primary N) is 1. The molecule has 0 heterocycles. The predicted molar refractivity (Wildman–Crippen MR) is 85.4 cm³/mol. The lowest BCUT2D eigenvalue weighted by molar-refractivity contribution is -0.150. The van der Waals surface area contributed by atoms with Gasteiger partial charge in [-0.25, -0.2) is 0 Å². The first-order chi connectivity index (χ1) is 10.7. The Morgan fingerprint density at radius 1 is 1.17 bits per heavy atom. The molecular weight excluding hydrogens is 318 g/mol. The van der Waals surface area contributed by atoms with Crippen LogP contribution in [0.3, 0.4) is 0 Å². The van der Waals surface area contributed by atoms with Gasteiger partial charge in [0, 0.05) is 0 Å². The Morgan fingerprint density at radius 3 is 2.30 bits per heavy atom. The minimum atomic E-state index is -3.86. The summed E-state index contributed by atoms with van der Waals surface area (Å²) in [6.07, 6.45) is 7.78. The molecule has 4 fully saturated rings. The third kappa shape index (κ3) is 3.56. The maximum Gasteiger partial charge on any atom is 0.320 e. The molecule has 4 rings (SSSR count). The lowest BCUT2D eigenvalue weighted by Gasteiger charge is -2.61. The molecule has 0 aliphatic heterocycles. The second kappa shape index (κ2) is 6.01. The van der Waals surface area contributed by atoms with Crippen LogP contribution in [0.4, 0.5) is 0 Å². The molecule has 4 saturated carbocycles. The van der Waals surface area contributed by atoms with Crippen molar-refractivity contribution in [1.29, 1.82) is 0 Å². The van der Waals surface area contributed by atoms with Crippen molar-refractivity contribution in [3.8, 4) is 0 Å². The summed E-state index contributed by atoms with van der Waals surface area (Å²) in [5.41, 5.74) is 6.21. The van der Waals surface area contributed by atoms with Crippen molar-refractivity contribution in [3.63, 3.8) is 0 Å². The van der Waals surface area contributed by atoms with Crippen molar-refractivity contribution in [3.05, 3.63) is 0 Å². The molecule has 0 radical (unpaired) electrons. The van der Waals surface area contributed by atoms with E-state index >= 15 is 0 Å². The van der Waals surface area contributed by atoms with Crippen LogP contribution in [0.15, 0.2) is 0 Å². The van der Waals surface area contributed by atoms with E-state index in [0.29, 0.717) is 24.2 Å². The van der Waals surface area contributed by atoms with Gasteiger partial charge in [0.05, 0.1) is 5.75 Å². The predicted octanol–water partition coefficient (Wildman–Crippen LogP) is 1.90. The molecule has 4 aliphatic carbocycles. The van der Waals surface area contributed by atoms with E-state index in [2.05, 4.69) is 0 Å². The van der Waals surface area contributed by atoms with Crippen molar-refractivity contribution in [2.45, 2.75) is 57.4 Å². The van der Waals surface area contributed by atoms with Crippen molar-refractivity contribution in [2.24, 2.45) is 34.8 Å². The van der Waals surface area contributed by atoms with Gasteiger partial charge < -0.3 is 10.8 Å². The van der Waals surface area contributed by atoms with Crippen LogP contribution in [-0.4, -0.2) is 35.8 Å². The summed E-state index contributed by atoms with van der Waals surface area (Å²) in [6, 6.07) is -0.749. The number of unbranched alkanes of at least 4 members (excludes halogenated alkanes) is 1. The molecule has 4 N–H and O–H groups in total. The molecule has 0 aromatic rings. The highest BCUT2D eigenvalue weighted by molar-refractivity contribution is 7.85. The van der Waals surface area contributed by atoms with Crippen molar-refractivity contribution in [2.75, 3.05) is 5.75 Å². The Morgan fingerprint density at radius 2 is 1.78 bits per heavy atom. The molecule has 0 saturated heterocycles. The minimum absolute atomic E-state index is 0.106. The molecule has 0 amide bonds. The number of carbonyl (C=O) groups is 1. The average Bonchev–Trinajstić information content (AvgIpc) is 2.41. The first-order valence-corrected chi connectivity index (χ1v) is 10.2. The maximum atomic E-state index is 11.3. The number of hydrogen-bond donors (Lipinski definition) is 3. The molecule has 6 nitrogen and oxygen atoms in total. The van der Waals surface area contributed by atoms with E-state index in [4.69, 9.17) is 10.3 Å². The average molecular weight is 345 g/mol. The number of carboxylic acids is 1. The minimum Gasteiger partial charge on any atom is -0.480 e. The van der Waals surface area contributed by atoms with E-state index in [-0.39, 0.29) is 17.1 Å². The van der Waals surface area contributed by atoms with Crippen LogP contribution >= 0.6 is 0 Å². The van der Waals surface area contributed by atoms with Gasteiger partial charge in [0.1, 0.15) is 6.04 Å². The first kappa shape index (κ1) is 17.2. The van der Waals surface area contributed by atoms with Crippen molar-refractivity contribution >= 4 is 16.1 Å². The molecule has 4 bridgehead atoms. The van der Waals surface area contributed by atoms with Crippen LogP contribution < -0.4 is 5.73 Å². The normalized spacial score (nSPS) is 40.3. The van der Waals surface area contributed by atoms with Crippen LogP contribution in [0.25, 0.3) is 0 Å². The first-order valence-electron chi connectivity index (χ1n) is 8.63. The topological polar surface area (TPSA) is 118 Å². The zero-order chi connectivity index (χ0) is 16.8. The lowest BCUT2D eigenvalue weighted by Crippen LogP contribution is -2.57. The van der Waals surface area contributed by atoms with E-state index in [1.54, 1.807) is 0 Å². The largest absolute Gasteiger partial charge is 0.480 e. The van der Waals surface area contributed by atoms with Crippen LogP contribution in [0.2, 0.25) is 0 Å². The molecule has 0 aromatic carbocycles. The molecule has 2 unspecified atom stereocenters. The fourth-order valence-corrected chi connectivity index (χ4v) is 6.64. The van der Waals surface area contributed by atoms with Gasteiger partial charge in [0.15, 0.2) is 0 Å². The fraction of sp³-hybridized carbons (Fsp3) is 0.938. The van der Waals surface area contributed by atoms with E-state index in [1.165, 1.54) is 6.42 Å². The summed E-state index contributed by atoms with van der Waals surface area (Å²) in [4.78, 5) is 11.3. The summed E-state index contributed by atoms with van der Waals surface area (Å²) in [6.45, 7) is 0. The highest BCUT2D eigenvalue weighted by atomic mass is 32.2. The standard InChI is InChI=1S/C16H27NO5S/c17-14(15(18)19)13-11-5-10-6-12(13)9-16(7-10,8-11)3-1-2-4-23(20,21)22/h10-14H,1-9,17H2,(H,18,19)(H,20,21,22)/t10?,11?,12?,13?,14-,16?/m0/s1. The Balaban J connectivity index is 1.63. The molecule has 0 aromatic heterocycles. The van der Waals surface area contributed by atoms with Crippen LogP contribution in [0.1, 0.15) is 51.4 Å². The van der Waals surface area contributed by atoms with Gasteiger partial charge in [0.2, 0.25) is 0 Å². The Hall–Kier alpha value is -0.660. The summed E-state index contributed by atoms with van der Waals surface area (Å²) in [5.74, 6) is 0.570. The van der Waals surface area contributed by atoms with Crippen LogP contribution in [0.5, 0.6) is 0 Å². The molecule has 4 aliphatic rings. The fourth-order valence-electron chi connectivity index (χ4n) is 6.07. The Bertz CT molecular complexity index is 559. The number of hydrogen-bond acceptors (Lipinski definition) is 4. The molecular formula is C16H27NO5S. The Kier molecular flexibility index (Phi) is 4.48. The van der Waals surface area contributed by atoms with Gasteiger partial charge in [-0.05, 0) is 74.0 Å². The van der Waals surface area contributed by atoms with Gasteiger partial charge in [-0.3, -0.25) is 9.35 Å². The molecule has 0 spiro atoms. The smallest absolute Gasteiger partial charge is 0.320 e. The zero-order valence-corrected chi connectivity index (χ0v) is 14.2. The third-order valence-corrected chi connectivity index (χ3v) is 7.34. The quantitative estimate of drug-likeness (QED) is 0.479. The summed E-state index contributed by atoms with van der Waals surface area (Å²) < 4.78 is 30.5. The van der Waals surface area contributed by atoms with E-state index in [0.717, 1.165) is 38.5 Å². The lowest BCUT2D eigenvalue weighted by atomic mass is 9.44.